The molecular formula is C25H23NO5S. The van der Waals surface area contributed by atoms with E-state index in [2.05, 4.69) is 4.72 Å². The van der Waals surface area contributed by atoms with Gasteiger partial charge in [0, 0.05) is 0 Å². The van der Waals surface area contributed by atoms with E-state index in [0.717, 1.165) is 22.3 Å². The first-order chi connectivity index (χ1) is 15.5. The Labute approximate surface area is 187 Å². The van der Waals surface area contributed by atoms with Gasteiger partial charge in [-0.2, -0.15) is 0 Å². The van der Waals surface area contributed by atoms with Gasteiger partial charge in [-0.3, -0.25) is 0 Å². The lowest BCUT2D eigenvalue weighted by Crippen LogP contribution is -2.38. The first-order valence-electron chi connectivity index (χ1n) is 10.4. The maximum Gasteiger partial charge on any atom is 0.241 e. The van der Waals surface area contributed by atoms with Crippen molar-refractivity contribution >= 4 is 16.1 Å². The monoisotopic (exact) mass is 449 g/mol. The highest BCUT2D eigenvalue weighted by atomic mass is 32.2. The zero-order valence-corrected chi connectivity index (χ0v) is 18.3. The van der Waals surface area contributed by atoms with Crippen LogP contribution < -0.4 is 14.2 Å². The topological polar surface area (TPSA) is 73.9 Å². The lowest BCUT2D eigenvalue weighted by Gasteiger charge is -2.30. The van der Waals surface area contributed by atoms with Crippen LogP contribution in [0.25, 0.3) is 6.08 Å². The number of hydrogen-bond acceptors (Lipinski definition) is 5. The number of aryl methyl sites for hydroxylation is 1. The molecule has 2 atom stereocenters. The van der Waals surface area contributed by atoms with Crippen molar-refractivity contribution in [2.24, 2.45) is 0 Å². The van der Waals surface area contributed by atoms with Crippen LogP contribution in [-0.2, 0) is 21.4 Å². The normalized spacial score (nSPS) is 19.0. The van der Waals surface area contributed by atoms with Crippen LogP contribution in [0.1, 0.15) is 28.3 Å². The first-order valence-corrected chi connectivity index (χ1v) is 11.8. The maximum atomic E-state index is 13.1. The minimum absolute atomic E-state index is 0.213. The fraction of sp³-hybridized carbons (Fsp3) is 0.200. The number of sulfonamides is 1. The smallest absolute Gasteiger partial charge is 0.241 e. The van der Waals surface area contributed by atoms with E-state index in [0.29, 0.717) is 18.1 Å². The molecule has 0 bridgehead atoms. The van der Waals surface area contributed by atoms with Crippen LogP contribution in [0.2, 0.25) is 0 Å². The molecule has 164 valence electrons. The molecule has 6 nitrogen and oxygen atoms in total. The number of nitrogens with one attached hydrogen (secondary N) is 1. The number of rotatable bonds is 6. The summed E-state index contributed by atoms with van der Waals surface area (Å²) in [7, 11) is -3.74. The fourth-order valence-electron chi connectivity index (χ4n) is 3.89. The summed E-state index contributed by atoms with van der Waals surface area (Å²) in [6, 6.07) is 19.6. The Bertz CT molecular complexity index is 1270. The molecule has 0 unspecified atom stereocenters. The average molecular weight is 450 g/mol. The first kappa shape index (κ1) is 20.8. The zero-order valence-electron chi connectivity index (χ0n) is 17.5. The van der Waals surface area contributed by atoms with Crippen molar-refractivity contribution in [1.29, 1.82) is 0 Å². The molecule has 3 aromatic carbocycles. The van der Waals surface area contributed by atoms with Crippen molar-refractivity contribution in [3.8, 4) is 11.5 Å². The molecule has 32 heavy (non-hydrogen) atoms. The molecule has 1 aliphatic carbocycles. The quantitative estimate of drug-likeness (QED) is 0.606. The highest BCUT2D eigenvalue weighted by Crippen LogP contribution is 2.34. The summed E-state index contributed by atoms with van der Waals surface area (Å²) in [5, 5.41) is 0. The second-order valence-corrected chi connectivity index (χ2v) is 9.58. The molecule has 2 aliphatic rings. The van der Waals surface area contributed by atoms with Gasteiger partial charge < -0.3 is 14.2 Å². The van der Waals surface area contributed by atoms with Crippen molar-refractivity contribution in [2.45, 2.75) is 30.6 Å². The minimum Gasteiger partial charge on any atom is -0.454 e. The lowest BCUT2D eigenvalue weighted by atomic mass is 9.91. The summed E-state index contributed by atoms with van der Waals surface area (Å²) in [5.74, 6) is 1.40. The van der Waals surface area contributed by atoms with Crippen molar-refractivity contribution < 1.29 is 22.6 Å². The van der Waals surface area contributed by atoms with E-state index in [4.69, 9.17) is 14.2 Å². The van der Waals surface area contributed by atoms with E-state index in [1.165, 1.54) is 0 Å². The molecule has 0 amide bonds. The standard InChI is InChI=1S/C25H23NO5S/c1-17-6-10-20(11-7-17)32(27,28)26-25-21-5-3-2-4-19(21)9-13-23(25)29-15-18-8-12-22-24(14-18)31-16-30-22/h2-14,23,25-26H,15-16H2,1H3/t23-,25-/m1/s1. The van der Waals surface area contributed by atoms with Crippen LogP contribution in [0.3, 0.4) is 0 Å². The Hall–Kier alpha value is -3.13. The summed E-state index contributed by atoms with van der Waals surface area (Å²) < 4.78 is 46.1. The summed E-state index contributed by atoms with van der Waals surface area (Å²) in [6.45, 7) is 2.44. The van der Waals surface area contributed by atoms with E-state index in [-0.39, 0.29) is 11.7 Å². The minimum atomic E-state index is -3.74. The van der Waals surface area contributed by atoms with Crippen molar-refractivity contribution in [1.82, 2.24) is 4.72 Å². The van der Waals surface area contributed by atoms with E-state index in [9.17, 15) is 8.42 Å². The third kappa shape index (κ3) is 4.14. The summed E-state index contributed by atoms with van der Waals surface area (Å²) in [5.41, 5.74) is 3.76. The Balaban J connectivity index is 1.40. The van der Waals surface area contributed by atoms with Crippen molar-refractivity contribution in [2.75, 3.05) is 6.79 Å². The van der Waals surface area contributed by atoms with Gasteiger partial charge in [0.1, 0.15) is 0 Å². The van der Waals surface area contributed by atoms with Crippen LogP contribution in [0, 0.1) is 6.92 Å². The summed E-state index contributed by atoms with van der Waals surface area (Å²) in [4.78, 5) is 0.227. The number of fused-ring (bicyclic) bond motifs is 2. The SMILES string of the molecule is Cc1ccc(S(=O)(=O)N[C@@H]2c3ccccc3C=C[C@H]2OCc2ccc3c(c2)OCO3)cc1. The average Bonchev–Trinajstić information content (AvgIpc) is 3.27. The second-order valence-electron chi connectivity index (χ2n) is 7.86. The number of hydrogen-bond donors (Lipinski definition) is 1. The third-order valence-electron chi connectivity index (χ3n) is 5.62. The molecule has 0 spiro atoms. The predicted molar refractivity (Wildman–Crippen MR) is 121 cm³/mol. The van der Waals surface area contributed by atoms with Gasteiger partial charge in [0.15, 0.2) is 11.5 Å². The Morgan fingerprint density at radius 2 is 1.78 bits per heavy atom. The van der Waals surface area contributed by atoms with Crippen LogP contribution >= 0.6 is 0 Å². The molecule has 0 saturated carbocycles. The number of ether oxygens (including phenoxy) is 3. The molecule has 7 heteroatoms. The van der Waals surface area contributed by atoms with E-state index < -0.39 is 22.2 Å². The van der Waals surface area contributed by atoms with Gasteiger partial charge >= 0.3 is 0 Å². The molecule has 5 rings (SSSR count). The van der Waals surface area contributed by atoms with Gasteiger partial charge in [-0.25, -0.2) is 13.1 Å². The molecule has 3 aromatic rings. The van der Waals surface area contributed by atoms with Crippen molar-refractivity contribution in [3.63, 3.8) is 0 Å². The van der Waals surface area contributed by atoms with Crippen LogP contribution in [-0.4, -0.2) is 21.3 Å². The van der Waals surface area contributed by atoms with Gasteiger partial charge in [0.25, 0.3) is 0 Å². The Morgan fingerprint density at radius 1 is 1.00 bits per heavy atom. The highest BCUT2D eigenvalue weighted by molar-refractivity contribution is 7.89. The van der Waals surface area contributed by atoms with Crippen LogP contribution in [0.4, 0.5) is 0 Å². The molecule has 0 fully saturated rings. The molecular weight excluding hydrogens is 426 g/mol. The van der Waals surface area contributed by atoms with E-state index >= 15 is 0 Å². The summed E-state index contributed by atoms with van der Waals surface area (Å²) in [6.07, 6.45) is 3.39. The van der Waals surface area contributed by atoms with Gasteiger partial charge in [-0.15, -0.1) is 0 Å². The lowest BCUT2D eigenvalue weighted by molar-refractivity contribution is 0.0504. The second kappa shape index (κ2) is 8.43. The maximum absolute atomic E-state index is 13.1. The summed E-state index contributed by atoms with van der Waals surface area (Å²) >= 11 is 0. The fourth-order valence-corrected chi connectivity index (χ4v) is 5.12. The predicted octanol–water partition coefficient (Wildman–Crippen LogP) is 4.36. The molecule has 1 N–H and O–H groups in total. The third-order valence-corrected chi connectivity index (χ3v) is 7.07. The number of benzene rings is 3. The molecule has 0 saturated heterocycles. The molecule has 0 radical (unpaired) electrons. The van der Waals surface area contributed by atoms with Crippen LogP contribution in [0.15, 0.2) is 77.7 Å². The van der Waals surface area contributed by atoms with Crippen molar-refractivity contribution in [3.05, 3.63) is 95.1 Å². The van der Waals surface area contributed by atoms with Gasteiger partial charge in [-0.05, 0) is 47.9 Å². The Morgan fingerprint density at radius 3 is 2.62 bits per heavy atom. The van der Waals surface area contributed by atoms with Crippen LogP contribution in [0.5, 0.6) is 11.5 Å². The molecule has 0 aromatic heterocycles. The Kier molecular flexibility index (Phi) is 5.46. The van der Waals surface area contributed by atoms with E-state index in [1.807, 2.05) is 61.5 Å². The largest absolute Gasteiger partial charge is 0.454 e. The zero-order chi connectivity index (χ0) is 22.1. The van der Waals surface area contributed by atoms with E-state index in [1.54, 1.807) is 24.3 Å². The highest BCUT2D eigenvalue weighted by Gasteiger charge is 2.31. The van der Waals surface area contributed by atoms with Gasteiger partial charge in [0.2, 0.25) is 16.8 Å². The molecule has 1 aliphatic heterocycles. The van der Waals surface area contributed by atoms with Gasteiger partial charge in [0.05, 0.1) is 23.6 Å². The molecule has 1 heterocycles. The van der Waals surface area contributed by atoms with Gasteiger partial charge in [-0.1, -0.05) is 60.2 Å².